The van der Waals surface area contributed by atoms with Crippen LogP contribution in [0.15, 0.2) is 18.2 Å². The molecule has 1 aromatic carbocycles. The molecule has 2 bridgehead atoms. The van der Waals surface area contributed by atoms with Gasteiger partial charge in [-0.25, -0.2) is 4.21 Å². The van der Waals surface area contributed by atoms with E-state index in [0.29, 0.717) is 17.2 Å². The number of benzene rings is 1. The van der Waals surface area contributed by atoms with Crippen molar-refractivity contribution in [2.45, 2.75) is 50.0 Å². The van der Waals surface area contributed by atoms with E-state index in [1.807, 2.05) is 12.1 Å². The van der Waals surface area contributed by atoms with Crippen molar-refractivity contribution in [1.29, 1.82) is 0 Å². The first-order valence-corrected chi connectivity index (χ1v) is 8.83. The minimum Gasteiger partial charge on any atom is -0.740 e. The normalized spacial score (nSPS) is 35.5. The topological polar surface area (TPSA) is 61.4 Å². The van der Waals surface area contributed by atoms with E-state index >= 15 is 0 Å². The van der Waals surface area contributed by atoms with Crippen LogP contribution >= 0.6 is 0 Å². The molecule has 5 heteroatoms. The van der Waals surface area contributed by atoms with Crippen LogP contribution < -0.4 is 9.50 Å². The maximum absolute atomic E-state index is 10.7. The summed E-state index contributed by atoms with van der Waals surface area (Å²) in [5.41, 5.74) is 3.04. The molecule has 4 atom stereocenters. The lowest BCUT2D eigenvalue weighted by molar-refractivity contribution is 0.0797. The highest BCUT2D eigenvalue weighted by Gasteiger charge is 2.51. The molecule has 0 amide bonds. The lowest BCUT2D eigenvalue weighted by atomic mass is 9.53. The van der Waals surface area contributed by atoms with Gasteiger partial charge >= 0.3 is 0 Å². The van der Waals surface area contributed by atoms with Crippen molar-refractivity contribution in [1.82, 2.24) is 5.32 Å². The van der Waals surface area contributed by atoms with Crippen LogP contribution in [0.2, 0.25) is 0 Å². The smallest absolute Gasteiger partial charge is 0.139 e. The summed E-state index contributed by atoms with van der Waals surface area (Å²) in [6.07, 6.45) is 7.44. The molecule has 4 rings (SSSR count). The molecule has 0 aromatic heterocycles. The summed E-state index contributed by atoms with van der Waals surface area (Å²) in [7, 11) is 0. The maximum Gasteiger partial charge on any atom is 0.139 e. The Hall–Kier alpha value is -0.910. The van der Waals surface area contributed by atoms with Crippen LogP contribution in [-0.4, -0.2) is 21.3 Å². The van der Waals surface area contributed by atoms with Gasteiger partial charge in [-0.1, -0.05) is 18.9 Å². The largest absolute Gasteiger partial charge is 0.740 e. The van der Waals surface area contributed by atoms with Crippen LogP contribution in [0, 0.1) is 5.92 Å². The summed E-state index contributed by atoms with van der Waals surface area (Å²) < 4.78 is 26.3. The lowest BCUT2D eigenvalue weighted by Gasteiger charge is -2.56. The Balaban J connectivity index is 1.78. The Morgan fingerprint density at radius 1 is 1.33 bits per heavy atom. The van der Waals surface area contributed by atoms with Crippen molar-refractivity contribution in [2.75, 3.05) is 6.54 Å². The molecule has 21 heavy (non-hydrogen) atoms. The number of hydrogen-bond acceptors (Lipinski definition) is 4. The number of fused-ring (bicyclic) bond motifs is 1. The molecule has 3 aliphatic rings. The maximum atomic E-state index is 10.7. The molecule has 2 fully saturated rings. The molecule has 114 valence electrons. The first kappa shape index (κ1) is 13.7. The fraction of sp³-hybridized carbons (Fsp3) is 0.625. The fourth-order valence-electron chi connectivity index (χ4n) is 5.06. The summed E-state index contributed by atoms with van der Waals surface area (Å²) in [6, 6.07) is 6.41. The molecule has 1 heterocycles. The third kappa shape index (κ3) is 2.14. The van der Waals surface area contributed by atoms with Crippen molar-refractivity contribution in [3.63, 3.8) is 0 Å². The second-order valence-corrected chi connectivity index (χ2v) is 7.20. The molecule has 1 saturated heterocycles. The van der Waals surface area contributed by atoms with E-state index in [0.717, 1.165) is 18.9 Å². The monoisotopic (exact) mass is 306 g/mol. The van der Waals surface area contributed by atoms with E-state index in [9.17, 15) is 8.76 Å². The molecule has 0 spiro atoms. The molecule has 1 aliphatic heterocycles. The number of hydrogen-bond donors (Lipinski definition) is 1. The van der Waals surface area contributed by atoms with Gasteiger partial charge in [0.15, 0.2) is 0 Å². The van der Waals surface area contributed by atoms with E-state index in [-0.39, 0.29) is 0 Å². The zero-order valence-electron chi connectivity index (χ0n) is 12.0. The third-order valence-corrected chi connectivity index (χ3v) is 6.11. The van der Waals surface area contributed by atoms with Crippen LogP contribution in [0.25, 0.3) is 0 Å². The number of rotatable bonds is 2. The Morgan fingerprint density at radius 2 is 2.24 bits per heavy atom. The molecule has 1 unspecified atom stereocenters. The molecule has 4 nitrogen and oxygen atoms in total. The van der Waals surface area contributed by atoms with Gasteiger partial charge in [0.05, 0.1) is 0 Å². The van der Waals surface area contributed by atoms with Crippen molar-refractivity contribution >= 4 is 11.4 Å². The quantitative estimate of drug-likeness (QED) is 0.851. The van der Waals surface area contributed by atoms with Crippen molar-refractivity contribution in [3.8, 4) is 5.75 Å². The zero-order valence-corrected chi connectivity index (χ0v) is 12.8. The Bertz CT molecular complexity index is 587. The highest BCUT2D eigenvalue weighted by molar-refractivity contribution is 7.74. The Kier molecular flexibility index (Phi) is 3.32. The zero-order chi connectivity index (χ0) is 14.4. The Morgan fingerprint density at radius 3 is 3.10 bits per heavy atom. The number of piperidine rings is 1. The molecule has 1 aromatic rings. The van der Waals surface area contributed by atoms with Gasteiger partial charge < -0.3 is 14.1 Å². The minimum absolute atomic E-state index is 0.316. The van der Waals surface area contributed by atoms with Crippen molar-refractivity contribution in [2.24, 2.45) is 5.92 Å². The highest BCUT2D eigenvalue weighted by atomic mass is 32.2. The first-order chi connectivity index (χ1) is 10.2. The van der Waals surface area contributed by atoms with Crippen molar-refractivity contribution in [3.05, 3.63) is 29.3 Å². The van der Waals surface area contributed by atoms with E-state index < -0.39 is 11.4 Å². The van der Waals surface area contributed by atoms with Gasteiger partial charge in [0.25, 0.3) is 0 Å². The fourth-order valence-corrected chi connectivity index (χ4v) is 5.32. The highest BCUT2D eigenvalue weighted by Crippen LogP contribution is 2.54. The summed E-state index contributed by atoms with van der Waals surface area (Å²) in [5.74, 6) is 1.18. The van der Waals surface area contributed by atoms with Gasteiger partial charge in [-0.2, -0.15) is 0 Å². The van der Waals surface area contributed by atoms with Crippen LogP contribution in [-0.2, 0) is 23.2 Å². The average Bonchev–Trinajstić information content (AvgIpc) is 2.46. The molecular formula is C16H20NO3S-. The molecule has 2 aliphatic carbocycles. The standard InChI is InChI=1S/C16H21NO3S/c18-21(19)20-12-4-5-13-11(9-12)10-15-14-3-1-2-6-16(13,14)7-8-17-15/h4-5,9,14-15,17H,1-3,6-8,10H2,(H,18,19)/p-1/t14-,15+,16-/m0/s1. The minimum atomic E-state index is -2.50. The van der Waals surface area contributed by atoms with Gasteiger partial charge in [0.2, 0.25) is 0 Å². The van der Waals surface area contributed by atoms with Gasteiger partial charge in [-0.3, -0.25) is 0 Å². The predicted molar refractivity (Wildman–Crippen MR) is 79.7 cm³/mol. The summed E-state index contributed by atoms with van der Waals surface area (Å²) >= 11 is -2.50. The molecule has 1 saturated carbocycles. The van der Waals surface area contributed by atoms with E-state index in [1.165, 1.54) is 43.2 Å². The summed E-state index contributed by atoms with van der Waals surface area (Å²) in [4.78, 5) is 0. The van der Waals surface area contributed by atoms with Crippen LogP contribution in [0.1, 0.15) is 43.2 Å². The van der Waals surface area contributed by atoms with Gasteiger partial charge in [-0.15, -0.1) is 0 Å². The third-order valence-electron chi connectivity index (χ3n) is 5.78. The van der Waals surface area contributed by atoms with Crippen LogP contribution in [0.5, 0.6) is 5.75 Å². The summed E-state index contributed by atoms with van der Waals surface area (Å²) in [6.45, 7) is 1.10. The molecule has 0 radical (unpaired) electrons. The predicted octanol–water partition coefficient (Wildman–Crippen LogP) is 2.21. The van der Waals surface area contributed by atoms with Gasteiger partial charge in [0, 0.05) is 11.5 Å². The van der Waals surface area contributed by atoms with E-state index in [4.69, 9.17) is 4.18 Å². The second-order valence-electron chi connectivity index (χ2n) is 6.63. The van der Waals surface area contributed by atoms with E-state index in [2.05, 4.69) is 11.4 Å². The number of nitrogens with one attached hydrogen (secondary N) is 1. The van der Waals surface area contributed by atoms with Crippen LogP contribution in [0.3, 0.4) is 0 Å². The molecular weight excluding hydrogens is 286 g/mol. The lowest BCUT2D eigenvalue weighted by Crippen LogP contribution is -2.59. The van der Waals surface area contributed by atoms with Crippen molar-refractivity contribution < 1.29 is 12.9 Å². The van der Waals surface area contributed by atoms with Crippen LogP contribution in [0.4, 0.5) is 0 Å². The van der Waals surface area contributed by atoms with E-state index in [1.54, 1.807) is 0 Å². The second kappa shape index (κ2) is 5.07. The Labute approximate surface area is 127 Å². The first-order valence-electron chi connectivity index (χ1n) is 7.83. The van der Waals surface area contributed by atoms with Gasteiger partial charge in [-0.05, 0) is 61.4 Å². The average molecular weight is 306 g/mol. The SMILES string of the molecule is O=S([O-])Oc1ccc2c(c1)C[C@H]1NCC[C@@]23CCCC[C@@H]13. The van der Waals surface area contributed by atoms with Gasteiger partial charge in [0.1, 0.15) is 17.1 Å². The summed E-state index contributed by atoms with van der Waals surface area (Å²) in [5, 5.41) is 3.68. The molecule has 1 N–H and O–H groups in total.